The molecule has 0 amide bonds. The number of ether oxygens (including phenoxy) is 1. The van der Waals surface area contributed by atoms with Crippen molar-refractivity contribution in [2.24, 2.45) is 0 Å². The van der Waals surface area contributed by atoms with E-state index in [4.69, 9.17) is 15.7 Å². The van der Waals surface area contributed by atoms with Gasteiger partial charge in [-0.3, -0.25) is 0 Å². The first-order valence-electron chi connectivity index (χ1n) is 6.06. The number of aromatic nitrogens is 1. The van der Waals surface area contributed by atoms with Crippen LogP contribution in [0.4, 0.5) is 11.5 Å². The Labute approximate surface area is 109 Å². The van der Waals surface area contributed by atoms with Gasteiger partial charge in [-0.05, 0) is 13.2 Å². The third-order valence-electron chi connectivity index (χ3n) is 2.89. The Morgan fingerprint density at radius 2 is 2.33 bits per heavy atom. The highest BCUT2D eigenvalue weighted by molar-refractivity contribution is 6.65. The molecule has 0 fully saturated rings. The van der Waals surface area contributed by atoms with Gasteiger partial charge in [-0.15, -0.1) is 0 Å². The third kappa shape index (κ3) is 3.55. The zero-order valence-corrected chi connectivity index (χ0v) is 11.2. The van der Waals surface area contributed by atoms with Crippen LogP contribution in [0.25, 0.3) is 0 Å². The number of methoxy groups -OCH3 is 1. The van der Waals surface area contributed by atoms with E-state index in [9.17, 15) is 0 Å². The van der Waals surface area contributed by atoms with Gasteiger partial charge in [0.1, 0.15) is 0 Å². The number of rotatable bonds is 6. The van der Waals surface area contributed by atoms with Crippen molar-refractivity contribution in [3.05, 3.63) is 12.3 Å². The largest absolute Gasteiger partial charge is 0.493 e. The molecule has 0 bridgehead atoms. The molecule has 1 aromatic rings. The minimum absolute atomic E-state index is 0.0580. The molecule has 5 nitrogen and oxygen atoms in total. The van der Waals surface area contributed by atoms with Crippen LogP contribution in [0, 0.1) is 11.2 Å². The molecule has 0 aromatic carbocycles. The van der Waals surface area contributed by atoms with Crippen molar-refractivity contribution < 1.29 is 4.74 Å². The summed E-state index contributed by atoms with van der Waals surface area (Å²) >= 11 is 0. The van der Waals surface area contributed by atoms with E-state index in [-0.39, 0.29) is 6.71 Å². The van der Waals surface area contributed by atoms with E-state index >= 15 is 0 Å². The van der Waals surface area contributed by atoms with E-state index < -0.39 is 0 Å². The summed E-state index contributed by atoms with van der Waals surface area (Å²) in [6, 6.07) is 1.88. The van der Waals surface area contributed by atoms with Crippen LogP contribution in [-0.2, 0) is 0 Å². The summed E-state index contributed by atoms with van der Waals surface area (Å²) in [6.07, 6.45) is 2.56. The van der Waals surface area contributed by atoms with Crippen molar-refractivity contribution in [1.29, 1.82) is 5.26 Å². The number of nitrogen functional groups attached to an aromatic ring is 1. The molecule has 1 rings (SSSR count). The molecule has 2 N–H and O–H groups in total. The molecule has 0 atom stereocenters. The van der Waals surface area contributed by atoms with Crippen LogP contribution in [-0.4, -0.2) is 31.9 Å². The molecular weight excluding hydrogens is 227 g/mol. The fraction of sp³-hybridized carbons (Fsp3) is 0.500. The zero-order valence-electron chi connectivity index (χ0n) is 11.2. The molecule has 0 unspecified atom stereocenters. The number of anilines is 2. The van der Waals surface area contributed by atoms with E-state index in [0.29, 0.717) is 11.6 Å². The van der Waals surface area contributed by atoms with Crippen LogP contribution in [0.2, 0.25) is 13.1 Å². The molecular formula is C12H19BN4O. The Hall–Kier alpha value is -1.90. The van der Waals surface area contributed by atoms with E-state index in [0.717, 1.165) is 25.1 Å². The predicted octanol–water partition coefficient (Wildman–Crippen LogP) is 1.69. The normalized spacial score (nSPS) is 9.67. The van der Waals surface area contributed by atoms with Gasteiger partial charge in [0, 0.05) is 25.1 Å². The van der Waals surface area contributed by atoms with Crippen molar-refractivity contribution in [2.45, 2.75) is 20.1 Å². The standard InChI is InChI=1S/C12H19BN4O/c1-4-17(6-5-13(2)9-14)10-7-11(18-3)12(15)16-8-10/h7-8H,4-6H2,1-3H3,(H2,15,16). The Bertz CT molecular complexity index is 433. The number of hydrogen-bond donors (Lipinski definition) is 1. The number of nitriles is 1. The van der Waals surface area contributed by atoms with Crippen molar-refractivity contribution in [1.82, 2.24) is 4.98 Å². The molecule has 1 aromatic heterocycles. The Morgan fingerprint density at radius 1 is 1.61 bits per heavy atom. The molecule has 1 heterocycles. The van der Waals surface area contributed by atoms with Gasteiger partial charge in [0.2, 0.25) is 0 Å². The summed E-state index contributed by atoms with van der Waals surface area (Å²) in [6.45, 7) is 5.73. The summed E-state index contributed by atoms with van der Waals surface area (Å²) < 4.78 is 5.16. The number of pyridine rings is 1. The third-order valence-corrected chi connectivity index (χ3v) is 2.89. The van der Waals surface area contributed by atoms with Gasteiger partial charge in [-0.2, -0.15) is 0 Å². The first-order valence-corrected chi connectivity index (χ1v) is 6.06. The van der Waals surface area contributed by atoms with E-state index in [2.05, 4.69) is 22.8 Å². The molecule has 96 valence electrons. The number of nitrogens with zero attached hydrogens (tertiary/aromatic N) is 3. The monoisotopic (exact) mass is 246 g/mol. The van der Waals surface area contributed by atoms with Gasteiger partial charge in [0.25, 0.3) is 6.71 Å². The van der Waals surface area contributed by atoms with Gasteiger partial charge < -0.3 is 15.4 Å². The fourth-order valence-electron chi connectivity index (χ4n) is 1.67. The lowest BCUT2D eigenvalue weighted by molar-refractivity contribution is 0.415. The van der Waals surface area contributed by atoms with Gasteiger partial charge in [-0.1, -0.05) is 6.82 Å². The van der Waals surface area contributed by atoms with Crippen LogP contribution in [0.3, 0.4) is 0 Å². The summed E-state index contributed by atoms with van der Waals surface area (Å²) in [5, 5.41) is 8.79. The molecule has 18 heavy (non-hydrogen) atoms. The van der Waals surface area contributed by atoms with Gasteiger partial charge in [0.15, 0.2) is 11.6 Å². The Morgan fingerprint density at radius 3 is 2.89 bits per heavy atom. The van der Waals surface area contributed by atoms with Crippen molar-refractivity contribution >= 4 is 18.2 Å². The van der Waals surface area contributed by atoms with Crippen molar-refractivity contribution in [3.63, 3.8) is 0 Å². The predicted molar refractivity (Wildman–Crippen MR) is 75.1 cm³/mol. The maximum absolute atomic E-state index is 8.79. The highest BCUT2D eigenvalue weighted by Crippen LogP contribution is 2.25. The molecule has 0 spiro atoms. The smallest absolute Gasteiger partial charge is 0.266 e. The highest BCUT2D eigenvalue weighted by Gasteiger charge is 2.12. The lowest BCUT2D eigenvalue weighted by Crippen LogP contribution is -2.26. The summed E-state index contributed by atoms with van der Waals surface area (Å²) in [5.41, 5.74) is 6.65. The minimum atomic E-state index is 0.0580. The van der Waals surface area contributed by atoms with Crippen LogP contribution < -0.4 is 15.4 Å². The van der Waals surface area contributed by atoms with E-state index in [1.165, 1.54) is 0 Å². The highest BCUT2D eigenvalue weighted by atomic mass is 16.5. The molecule has 0 saturated carbocycles. The summed E-state index contributed by atoms with van der Waals surface area (Å²) in [4.78, 5) is 6.27. The summed E-state index contributed by atoms with van der Waals surface area (Å²) in [5.74, 6) is 3.21. The summed E-state index contributed by atoms with van der Waals surface area (Å²) in [7, 11) is 1.57. The molecule has 0 aliphatic heterocycles. The second-order valence-corrected chi connectivity index (χ2v) is 4.18. The topological polar surface area (TPSA) is 75.2 Å². The molecule has 6 heteroatoms. The lowest BCUT2D eigenvalue weighted by atomic mass is 9.51. The molecule has 0 saturated heterocycles. The molecule has 0 aliphatic carbocycles. The molecule has 0 radical (unpaired) electrons. The maximum Gasteiger partial charge on any atom is 0.266 e. The second kappa shape index (κ2) is 6.75. The first-order chi connectivity index (χ1) is 8.62. The van der Waals surface area contributed by atoms with Gasteiger partial charge in [0.05, 0.1) is 19.0 Å². The second-order valence-electron chi connectivity index (χ2n) is 4.18. The SMILES string of the molecule is CCN(CCB(C)C#N)c1cnc(N)c(OC)c1. The van der Waals surface area contributed by atoms with Gasteiger partial charge >= 0.3 is 0 Å². The number of nitrogens with two attached hydrogens (primary N) is 1. The first kappa shape index (κ1) is 14.2. The maximum atomic E-state index is 8.79. The number of hydrogen-bond acceptors (Lipinski definition) is 5. The van der Waals surface area contributed by atoms with Crippen molar-refractivity contribution in [2.75, 3.05) is 30.8 Å². The fourth-order valence-corrected chi connectivity index (χ4v) is 1.67. The van der Waals surface area contributed by atoms with Crippen LogP contribution in [0.1, 0.15) is 6.92 Å². The van der Waals surface area contributed by atoms with Crippen LogP contribution in [0.5, 0.6) is 5.75 Å². The van der Waals surface area contributed by atoms with Crippen molar-refractivity contribution in [3.8, 4) is 11.7 Å². The minimum Gasteiger partial charge on any atom is -0.493 e. The van der Waals surface area contributed by atoms with E-state index in [1.807, 2.05) is 12.9 Å². The van der Waals surface area contributed by atoms with Gasteiger partial charge in [-0.25, -0.2) is 10.2 Å². The Balaban J connectivity index is 2.79. The Kier molecular flexibility index (Phi) is 5.31. The van der Waals surface area contributed by atoms with E-state index in [1.54, 1.807) is 13.3 Å². The van der Waals surface area contributed by atoms with Crippen LogP contribution in [0.15, 0.2) is 12.3 Å². The molecule has 0 aliphatic rings. The average molecular weight is 246 g/mol. The average Bonchev–Trinajstić information content (AvgIpc) is 2.40. The zero-order chi connectivity index (χ0) is 13.5. The van der Waals surface area contributed by atoms with Crippen LogP contribution >= 0.6 is 0 Å². The quantitative estimate of drug-likeness (QED) is 0.773. The lowest BCUT2D eigenvalue weighted by Gasteiger charge is -2.23.